The molecule has 6 heteroatoms. The lowest BCUT2D eigenvalue weighted by atomic mass is 9.92. The molecule has 1 aromatic carbocycles. The Morgan fingerprint density at radius 1 is 1.28 bits per heavy atom. The Balaban J connectivity index is 1.39. The van der Waals surface area contributed by atoms with E-state index in [0.717, 1.165) is 47.2 Å². The van der Waals surface area contributed by atoms with Crippen molar-refractivity contribution in [1.29, 1.82) is 0 Å². The van der Waals surface area contributed by atoms with E-state index in [9.17, 15) is 4.79 Å². The summed E-state index contributed by atoms with van der Waals surface area (Å²) in [7, 11) is 1.68. The number of ether oxygens (including phenoxy) is 1. The van der Waals surface area contributed by atoms with E-state index in [0.29, 0.717) is 12.6 Å². The number of rotatable bonds is 5. The molecule has 5 nitrogen and oxygen atoms in total. The molecule has 0 N–H and O–H groups in total. The van der Waals surface area contributed by atoms with Gasteiger partial charge in [0.25, 0.3) is 5.56 Å². The first kappa shape index (κ1) is 18.8. The lowest BCUT2D eigenvalue weighted by Crippen LogP contribution is -2.36. The van der Waals surface area contributed by atoms with Gasteiger partial charge in [0, 0.05) is 17.5 Å². The minimum absolute atomic E-state index is 0.120. The van der Waals surface area contributed by atoms with E-state index in [1.807, 2.05) is 18.2 Å². The van der Waals surface area contributed by atoms with Crippen molar-refractivity contribution in [2.24, 2.45) is 0 Å². The smallest absolute Gasteiger partial charge is 0.262 e. The van der Waals surface area contributed by atoms with Gasteiger partial charge in [-0.15, -0.1) is 11.3 Å². The fraction of sp³-hybridized carbons (Fsp3) is 0.478. The van der Waals surface area contributed by atoms with Crippen LogP contribution in [-0.2, 0) is 25.8 Å². The lowest BCUT2D eigenvalue weighted by molar-refractivity contribution is 0.224. The zero-order valence-corrected chi connectivity index (χ0v) is 17.7. The summed E-state index contributed by atoms with van der Waals surface area (Å²) in [6, 6.07) is 8.68. The van der Waals surface area contributed by atoms with Crippen molar-refractivity contribution < 1.29 is 4.74 Å². The van der Waals surface area contributed by atoms with E-state index in [2.05, 4.69) is 16.0 Å². The molecule has 5 rings (SSSR count). The summed E-state index contributed by atoms with van der Waals surface area (Å²) in [6.07, 6.45) is 8.42. The molecule has 0 radical (unpaired) electrons. The highest BCUT2D eigenvalue weighted by Crippen LogP contribution is 2.35. The number of thiophene rings is 1. The number of benzene rings is 1. The van der Waals surface area contributed by atoms with Crippen molar-refractivity contribution in [3.8, 4) is 5.75 Å². The van der Waals surface area contributed by atoms with Crippen LogP contribution in [0.15, 0.2) is 35.4 Å². The van der Waals surface area contributed by atoms with E-state index in [-0.39, 0.29) is 5.56 Å². The highest BCUT2D eigenvalue weighted by Gasteiger charge is 2.29. The van der Waals surface area contributed by atoms with Crippen molar-refractivity contribution in [3.63, 3.8) is 0 Å². The first-order chi connectivity index (χ1) is 14.2. The van der Waals surface area contributed by atoms with Gasteiger partial charge in [0.2, 0.25) is 0 Å². The van der Waals surface area contributed by atoms with Gasteiger partial charge in [0.05, 0.1) is 18.8 Å². The molecule has 1 aliphatic carbocycles. The molecular weight excluding hydrogens is 382 g/mol. The molecule has 29 heavy (non-hydrogen) atoms. The summed E-state index contributed by atoms with van der Waals surface area (Å²) in [5.74, 6) is 0.850. The molecule has 0 spiro atoms. The predicted octanol–water partition coefficient (Wildman–Crippen LogP) is 3.66. The van der Waals surface area contributed by atoms with Gasteiger partial charge in [-0.05, 0) is 74.9 Å². The summed E-state index contributed by atoms with van der Waals surface area (Å²) in [5, 5.41) is 0.873. The molecular formula is C23H27N3O2S. The molecule has 1 fully saturated rings. The molecule has 0 bridgehead atoms. The van der Waals surface area contributed by atoms with Crippen molar-refractivity contribution in [1.82, 2.24) is 14.5 Å². The van der Waals surface area contributed by atoms with Gasteiger partial charge in [0.15, 0.2) is 0 Å². The van der Waals surface area contributed by atoms with Crippen LogP contribution in [0, 0.1) is 0 Å². The van der Waals surface area contributed by atoms with Gasteiger partial charge < -0.3 is 9.64 Å². The average Bonchev–Trinajstić information content (AvgIpc) is 3.41. The van der Waals surface area contributed by atoms with Gasteiger partial charge in [0.1, 0.15) is 10.6 Å². The Morgan fingerprint density at radius 2 is 2.14 bits per heavy atom. The second kappa shape index (κ2) is 7.92. The summed E-state index contributed by atoms with van der Waals surface area (Å²) >= 11 is 1.74. The van der Waals surface area contributed by atoms with Gasteiger partial charge >= 0.3 is 0 Å². The lowest BCUT2D eigenvalue weighted by Gasteiger charge is -2.30. The van der Waals surface area contributed by atoms with Crippen LogP contribution in [0.5, 0.6) is 5.75 Å². The summed E-state index contributed by atoms with van der Waals surface area (Å²) < 4.78 is 7.08. The maximum atomic E-state index is 13.2. The minimum Gasteiger partial charge on any atom is -0.497 e. The Morgan fingerprint density at radius 3 is 2.97 bits per heavy atom. The highest BCUT2D eigenvalue weighted by molar-refractivity contribution is 7.18. The van der Waals surface area contributed by atoms with Crippen LogP contribution >= 0.6 is 11.3 Å². The van der Waals surface area contributed by atoms with E-state index in [1.54, 1.807) is 29.3 Å². The first-order valence-corrected chi connectivity index (χ1v) is 11.4. The minimum atomic E-state index is 0.120. The van der Waals surface area contributed by atoms with Gasteiger partial charge in [-0.3, -0.25) is 9.36 Å². The van der Waals surface area contributed by atoms with E-state index < -0.39 is 0 Å². The van der Waals surface area contributed by atoms with Gasteiger partial charge in [-0.1, -0.05) is 12.1 Å². The SMILES string of the molecule is COc1cccc(CCn2cnc3sc4c(c3c2=O)CC[C@H](N2CCCC2)C4)c1. The molecule has 1 aliphatic heterocycles. The third-order valence-electron chi connectivity index (χ3n) is 6.44. The van der Waals surface area contributed by atoms with Gasteiger partial charge in [-0.25, -0.2) is 4.98 Å². The van der Waals surface area contributed by atoms with Crippen LogP contribution in [0.3, 0.4) is 0 Å². The molecule has 0 amide bonds. The van der Waals surface area contributed by atoms with Crippen LogP contribution in [-0.4, -0.2) is 40.7 Å². The van der Waals surface area contributed by atoms with Crippen molar-refractivity contribution in [2.75, 3.05) is 20.2 Å². The number of aromatic nitrogens is 2. The van der Waals surface area contributed by atoms with Gasteiger partial charge in [-0.2, -0.15) is 0 Å². The highest BCUT2D eigenvalue weighted by atomic mass is 32.1. The summed E-state index contributed by atoms with van der Waals surface area (Å²) in [5.41, 5.74) is 2.56. The second-order valence-electron chi connectivity index (χ2n) is 8.17. The maximum absolute atomic E-state index is 13.2. The molecule has 152 valence electrons. The zero-order valence-electron chi connectivity index (χ0n) is 16.9. The predicted molar refractivity (Wildman–Crippen MR) is 117 cm³/mol. The van der Waals surface area contributed by atoms with E-state index in [4.69, 9.17) is 4.74 Å². The quantitative estimate of drug-likeness (QED) is 0.645. The third-order valence-corrected chi connectivity index (χ3v) is 7.60. The van der Waals surface area contributed by atoms with E-state index >= 15 is 0 Å². The molecule has 1 saturated heterocycles. The van der Waals surface area contributed by atoms with Crippen molar-refractivity contribution in [3.05, 3.63) is 57.0 Å². The topological polar surface area (TPSA) is 47.4 Å². The average molecular weight is 410 g/mol. The van der Waals surface area contributed by atoms with Crippen LogP contribution in [0.4, 0.5) is 0 Å². The number of nitrogens with zero attached hydrogens (tertiary/aromatic N) is 3. The maximum Gasteiger partial charge on any atom is 0.262 e. The summed E-state index contributed by atoms with van der Waals surface area (Å²) in [4.78, 5) is 22.8. The Hall–Kier alpha value is -2.18. The molecule has 2 aromatic heterocycles. The van der Waals surface area contributed by atoms with Crippen LogP contribution in [0.2, 0.25) is 0 Å². The number of likely N-dealkylation sites (tertiary alicyclic amines) is 1. The Bertz CT molecular complexity index is 1080. The molecule has 2 aliphatic rings. The number of hydrogen-bond donors (Lipinski definition) is 0. The summed E-state index contributed by atoms with van der Waals surface area (Å²) in [6.45, 7) is 3.11. The molecule has 0 unspecified atom stereocenters. The number of methoxy groups -OCH3 is 1. The number of hydrogen-bond acceptors (Lipinski definition) is 5. The molecule has 0 saturated carbocycles. The standard InChI is InChI=1S/C23H27N3O2S/c1-28-18-6-4-5-16(13-18)9-12-26-15-24-22-21(23(26)27)19-8-7-17(14-20(19)29-22)25-10-2-3-11-25/h4-6,13,15,17H,2-3,7-12,14H2,1H3/t17-/m0/s1. The van der Waals surface area contributed by atoms with Crippen molar-refractivity contribution in [2.45, 2.75) is 51.1 Å². The number of fused-ring (bicyclic) bond motifs is 3. The molecule has 3 aromatic rings. The fourth-order valence-corrected chi connectivity index (χ4v) is 6.09. The Labute approximate surface area is 174 Å². The van der Waals surface area contributed by atoms with E-state index in [1.165, 1.54) is 36.4 Å². The monoisotopic (exact) mass is 409 g/mol. The number of aryl methyl sites for hydroxylation is 3. The Kier molecular flexibility index (Phi) is 5.14. The van der Waals surface area contributed by atoms with Crippen molar-refractivity contribution >= 4 is 21.6 Å². The largest absolute Gasteiger partial charge is 0.497 e. The third kappa shape index (κ3) is 3.60. The second-order valence-corrected chi connectivity index (χ2v) is 9.25. The normalized spacial score (nSPS) is 19.6. The molecule has 3 heterocycles. The first-order valence-electron chi connectivity index (χ1n) is 10.6. The van der Waals surface area contributed by atoms with Crippen LogP contribution in [0.25, 0.3) is 10.2 Å². The van der Waals surface area contributed by atoms with Crippen LogP contribution < -0.4 is 10.3 Å². The van der Waals surface area contributed by atoms with Crippen LogP contribution in [0.1, 0.15) is 35.3 Å². The molecule has 1 atom stereocenters. The fourth-order valence-electron chi connectivity index (χ4n) is 4.84. The zero-order chi connectivity index (χ0) is 19.8.